The van der Waals surface area contributed by atoms with E-state index in [0.717, 1.165) is 5.69 Å². The Morgan fingerprint density at radius 1 is 1.16 bits per heavy atom. The summed E-state index contributed by atoms with van der Waals surface area (Å²) < 4.78 is 0. The number of aliphatic carboxylic acids is 1. The smallest absolute Gasteiger partial charge is 0.308 e. The minimum atomic E-state index is -0.734. The monoisotopic (exact) mass is 263 g/mol. The van der Waals surface area contributed by atoms with Crippen molar-refractivity contribution in [1.82, 2.24) is 0 Å². The molecule has 0 aromatic heterocycles. The van der Waals surface area contributed by atoms with Crippen LogP contribution in [0.2, 0.25) is 0 Å². The predicted molar refractivity (Wildman–Crippen MR) is 79.8 cm³/mol. The molecule has 0 saturated carbocycles. The average Bonchev–Trinajstić information content (AvgIpc) is 2.30. The molecule has 0 bridgehead atoms. The topological polar surface area (TPSA) is 49.3 Å². The third-order valence-electron chi connectivity index (χ3n) is 3.99. The first-order valence-electron chi connectivity index (χ1n) is 6.79. The second-order valence-electron chi connectivity index (χ2n) is 5.71. The van der Waals surface area contributed by atoms with E-state index in [0.29, 0.717) is 6.54 Å². The van der Waals surface area contributed by atoms with Gasteiger partial charge in [0.15, 0.2) is 0 Å². The molecular formula is C16H25NO2. The van der Waals surface area contributed by atoms with E-state index in [1.807, 2.05) is 13.8 Å². The van der Waals surface area contributed by atoms with Gasteiger partial charge in [0.25, 0.3) is 0 Å². The van der Waals surface area contributed by atoms with Gasteiger partial charge < -0.3 is 10.4 Å². The van der Waals surface area contributed by atoms with Crippen molar-refractivity contribution >= 4 is 11.7 Å². The summed E-state index contributed by atoms with van der Waals surface area (Å²) >= 11 is 0. The van der Waals surface area contributed by atoms with E-state index in [4.69, 9.17) is 0 Å². The van der Waals surface area contributed by atoms with E-state index in [2.05, 4.69) is 39.1 Å². The Hall–Kier alpha value is -1.51. The van der Waals surface area contributed by atoms with Crippen molar-refractivity contribution in [3.05, 3.63) is 28.3 Å². The number of carbonyl (C=O) groups is 1. The van der Waals surface area contributed by atoms with E-state index in [9.17, 15) is 9.90 Å². The summed E-state index contributed by atoms with van der Waals surface area (Å²) in [5.74, 6) is -0.974. The number of aryl methyl sites for hydroxylation is 2. The molecule has 1 aromatic carbocycles. The summed E-state index contributed by atoms with van der Waals surface area (Å²) in [6.07, 6.45) is 0. The summed E-state index contributed by atoms with van der Waals surface area (Å²) in [6, 6.07) is 2.17. The molecule has 0 radical (unpaired) electrons. The van der Waals surface area contributed by atoms with E-state index in [-0.39, 0.29) is 11.8 Å². The maximum atomic E-state index is 11.2. The molecule has 1 atom stereocenters. The Morgan fingerprint density at radius 3 is 2.00 bits per heavy atom. The molecule has 0 spiro atoms. The highest BCUT2D eigenvalue weighted by molar-refractivity contribution is 5.71. The fourth-order valence-electron chi connectivity index (χ4n) is 2.30. The van der Waals surface area contributed by atoms with Gasteiger partial charge in [-0.1, -0.05) is 19.9 Å². The van der Waals surface area contributed by atoms with Gasteiger partial charge >= 0.3 is 5.97 Å². The lowest BCUT2D eigenvalue weighted by Gasteiger charge is -2.21. The molecule has 3 heteroatoms. The van der Waals surface area contributed by atoms with Crippen LogP contribution in [-0.4, -0.2) is 17.6 Å². The van der Waals surface area contributed by atoms with Crippen molar-refractivity contribution in [1.29, 1.82) is 0 Å². The molecule has 0 aliphatic rings. The molecule has 0 aliphatic heterocycles. The normalized spacial score (nSPS) is 12.6. The Balaban J connectivity index is 2.97. The van der Waals surface area contributed by atoms with Crippen molar-refractivity contribution in [2.75, 3.05) is 11.9 Å². The van der Waals surface area contributed by atoms with Gasteiger partial charge in [-0.25, -0.2) is 0 Å². The van der Waals surface area contributed by atoms with Crippen LogP contribution in [0.5, 0.6) is 0 Å². The zero-order valence-electron chi connectivity index (χ0n) is 12.8. The van der Waals surface area contributed by atoms with Crippen LogP contribution in [0, 0.1) is 39.5 Å². The van der Waals surface area contributed by atoms with E-state index in [1.165, 1.54) is 22.3 Å². The molecule has 1 aromatic rings. The van der Waals surface area contributed by atoms with E-state index in [1.54, 1.807) is 0 Å². The number of hydrogen-bond donors (Lipinski definition) is 2. The van der Waals surface area contributed by atoms with Gasteiger partial charge in [0.1, 0.15) is 0 Å². The fraction of sp³-hybridized carbons (Fsp3) is 0.562. The summed E-state index contributed by atoms with van der Waals surface area (Å²) in [7, 11) is 0. The lowest BCUT2D eigenvalue weighted by Crippen LogP contribution is -2.28. The quantitative estimate of drug-likeness (QED) is 0.851. The lowest BCUT2D eigenvalue weighted by molar-refractivity contribution is -0.142. The van der Waals surface area contributed by atoms with Crippen LogP contribution in [0.3, 0.4) is 0 Å². The number of nitrogens with one attached hydrogen (secondary N) is 1. The molecule has 0 amide bonds. The van der Waals surface area contributed by atoms with Gasteiger partial charge in [-0.2, -0.15) is 0 Å². The molecule has 0 saturated heterocycles. The summed E-state index contributed by atoms with van der Waals surface area (Å²) in [5, 5.41) is 12.6. The molecule has 3 nitrogen and oxygen atoms in total. The number of hydrogen-bond acceptors (Lipinski definition) is 2. The summed E-state index contributed by atoms with van der Waals surface area (Å²) in [4.78, 5) is 11.2. The standard InChI is InChI=1S/C16H25NO2/c1-9(2)14(16(18)19)8-17-15-12(5)10(3)7-11(4)13(15)6/h7,9,14,17H,8H2,1-6H3,(H,18,19). The first kappa shape index (κ1) is 15.5. The second-order valence-corrected chi connectivity index (χ2v) is 5.71. The van der Waals surface area contributed by atoms with Crippen LogP contribution in [0.4, 0.5) is 5.69 Å². The van der Waals surface area contributed by atoms with Crippen molar-refractivity contribution in [2.45, 2.75) is 41.5 Å². The zero-order chi connectivity index (χ0) is 14.7. The molecule has 1 unspecified atom stereocenters. The fourth-order valence-corrected chi connectivity index (χ4v) is 2.30. The summed E-state index contributed by atoms with van der Waals surface area (Å²) in [5.41, 5.74) is 5.97. The van der Waals surface area contributed by atoms with Crippen molar-refractivity contribution in [3.8, 4) is 0 Å². The van der Waals surface area contributed by atoms with Crippen LogP contribution < -0.4 is 5.32 Å². The van der Waals surface area contributed by atoms with Gasteiger partial charge in [0.05, 0.1) is 5.92 Å². The number of benzene rings is 1. The van der Waals surface area contributed by atoms with Crippen LogP contribution in [0.25, 0.3) is 0 Å². The molecular weight excluding hydrogens is 238 g/mol. The third kappa shape index (κ3) is 3.49. The van der Waals surface area contributed by atoms with Crippen LogP contribution in [-0.2, 0) is 4.79 Å². The average molecular weight is 263 g/mol. The van der Waals surface area contributed by atoms with Crippen molar-refractivity contribution < 1.29 is 9.90 Å². The van der Waals surface area contributed by atoms with Crippen molar-refractivity contribution in [3.63, 3.8) is 0 Å². The van der Waals surface area contributed by atoms with E-state index >= 15 is 0 Å². The van der Waals surface area contributed by atoms with E-state index < -0.39 is 5.97 Å². The Morgan fingerprint density at radius 2 is 1.63 bits per heavy atom. The van der Waals surface area contributed by atoms with Crippen LogP contribution >= 0.6 is 0 Å². The van der Waals surface area contributed by atoms with Crippen LogP contribution in [0.15, 0.2) is 6.07 Å². The third-order valence-corrected chi connectivity index (χ3v) is 3.99. The molecule has 1 rings (SSSR count). The van der Waals surface area contributed by atoms with Gasteiger partial charge in [-0.05, 0) is 55.9 Å². The van der Waals surface area contributed by atoms with Gasteiger partial charge in [0.2, 0.25) is 0 Å². The molecule has 19 heavy (non-hydrogen) atoms. The minimum Gasteiger partial charge on any atom is -0.481 e. The SMILES string of the molecule is Cc1cc(C)c(C)c(NCC(C(=O)O)C(C)C)c1C. The first-order valence-corrected chi connectivity index (χ1v) is 6.79. The lowest BCUT2D eigenvalue weighted by atomic mass is 9.94. The molecule has 0 aliphatic carbocycles. The number of rotatable bonds is 5. The molecule has 2 N–H and O–H groups in total. The van der Waals surface area contributed by atoms with Crippen molar-refractivity contribution in [2.24, 2.45) is 11.8 Å². The largest absolute Gasteiger partial charge is 0.481 e. The van der Waals surface area contributed by atoms with Gasteiger partial charge in [-0.3, -0.25) is 4.79 Å². The Kier molecular flexibility index (Phi) is 4.98. The number of carboxylic acids is 1. The predicted octanol–water partition coefficient (Wildman–Crippen LogP) is 3.69. The van der Waals surface area contributed by atoms with Gasteiger partial charge in [-0.15, -0.1) is 0 Å². The summed E-state index contributed by atoms with van der Waals surface area (Å²) in [6.45, 7) is 12.7. The number of carboxylic acid groups (broad SMARTS) is 1. The Labute approximate surface area is 116 Å². The first-order chi connectivity index (χ1) is 8.75. The highest BCUT2D eigenvalue weighted by atomic mass is 16.4. The highest BCUT2D eigenvalue weighted by Crippen LogP contribution is 2.27. The zero-order valence-corrected chi connectivity index (χ0v) is 12.8. The molecule has 106 valence electrons. The minimum absolute atomic E-state index is 0.122. The van der Waals surface area contributed by atoms with Crippen LogP contribution in [0.1, 0.15) is 36.1 Å². The molecule has 0 heterocycles. The second kappa shape index (κ2) is 6.09. The maximum absolute atomic E-state index is 11.2. The van der Waals surface area contributed by atoms with Gasteiger partial charge in [0, 0.05) is 12.2 Å². The Bertz CT molecular complexity index is 452. The molecule has 0 fully saturated rings. The number of anilines is 1. The maximum Gasteiger partial charge on any atom is 0.308 e. The highest BCUT2D eigenvalue weighted by Gasteiger charge is 2.21.